The Morgan fingerprint density at radius 2 is 2.16 bits per heavy atom. The molecule has 8 nitrogen and oxygen atoms in total. The third-order valence-electron chi connectivity index (χ3n) is 6.11. The first-order valence-electron chi connectivity index (χ1n) is 10.6. The van der Waals surface area contributed by atoms with Crippen molar-refractivity contribution in [3.8, 4) is 11.4 Å². The van der Waals surface area contributed by atoms with Gasteiger partial charge in [-0.2, -0.15) is 0 Å². The average Bonchev–Trinajstić information content (AvgIpc) is 3.37. The predicted octanol–water partition coefficient (Wildman–Crippen LogP) is 3.02. The molecule has 0 radical (unpaired) electrons. The lowest BCUT2D eigenvalue weighted by atomic mass is 9.91. The Labute approximate surface area is 179 Å². The number of hydrogen-bond acceptors (Lipinski definition) is 6. The van der Waals surface area contributed by atoms with E-state index in [1.165, 1.54) is 12.3 Å². The first-order chi connectivity index (χ1) is 15.0. The van der Waals surface area contributed by atoms with Crippen LogP contribution in [0.15, 0.2) is 36.9 Å². The number of aliphatic hydroxyl groups is 1. The maximum atomic E-state index is 13.7. The van der Waals surface area contributed by atoms with Gasteiger partial charge in [0.25, 0.3) is 0 Å². The van der Waals surface area contributed by atoms with Gasteiger partial charge in [0.05, 0.1) is 6.20 Å². The summed E-state index contributed by atoms with van der Waals surface area (Å²) in [4.78, 5) is 18.3. The molecule has 0 spiro atoms. The van der Waals surface area contributed by atoms with Gasteiger partial charge < -0.3 is 14.7 Å². The number of halogens is 1. The van der Waals surface area contributed by atoms with E-state index in [1.54, 1.807) is 11.1 Å². The van der Waals surface area contributed by atoms with Crippen LogP contribution in [-0.2, 0) is 0 Å². The Morgan fingerprint density at radius 1 is 1.29 bits per heavy atom. The van der Waals surface area contributed by atoms with Crippen molar-refractivity contribution in [2.24, 2.45) is 0 Å². The van der Waals surface area contributed by atoms with Crippen LogP contribution in [-0.4, -0.2) is 61.0 Å². The molecular formula is C22H26FN7O. The molecule has 1 aliphatic carbocycles. The van der Waals surface area contributed by atoms with Gasteiger partial charge >= 0.3 is 0 Å². The van der Waals surface area contributed by atoms with Crippen molar-refractivity contribution < 1.29 is 9.50 Å². The van der Waals surface area contributed by atoms with Crippen LogP contribution >= 0.6 is 0 Å². The fraction of sp³-hybridized carbons (Fsp3) is 0.409. The van der Waals surface area contributed by atoms with E-state index >= 15 is 0 Å². The number of fused-ring (bicyclic) bond motifs is 2. The highest BCUT2D eigenvalue weighted by Gasteiger charge is 2.26. The van der Waals surface area contributed by atoms with Gasteiger partial charge in [0, 0.05) is 47.0 Å². The number of nitrogens with one attached hydrogen (secondary N) is 2. The summed E-state index contributed by atoms with van der Waals surface area (Å²) < 4.78 is 16.0. The van der Waals surface area contributed by atoms with Gasteiger partial charge in [0.2, 0.25) is 0 Å². The van der Waals surface area contributed by atoms with Crippen molar-refractivity contribution >= 4 is 22.1 Å². The Kier molecular flexibility index (Phi) is 5.17. The lowest BCUT2D eigenvalue weighted by Crippen LogP contribution is -2.48. The number of hydrogen-bond donors (Lipinski definition) is 3. The standard InChI is InChI=1S/C22H26FN7O/c1-29(2)22(31)27-15-4-3-5-16(9-15)30-7-6-13-10-24-20(28-21(13)30)18-12-26-19-17(18)8-14(23)11-25-19/h6-8,10-12,15-16,22,27,31H,3-5,9H2,1-2H3,(H,25,26)/t15-,16-,22?/m0/s1. The molecule has 4 heterocycles. The topological polar surface area (TPSA) is 94.9 Å². The lowest BCUT2D eigenvalue weighted by Gasteiger charge is -2.33. The van der Waals surface area contributed by atoms with Gasteiger partial charge in [-0.3, -0.25) is 10.2 Å². The number of pyridine rings is 1. The Hall–Kier alpha value is -2.88. The summed E-state index contributed by atoms with van der Waals surface area (Å²) in [6.45, 7) is 0. The Bertz CT molecular complexity index is 1220. The minimum Gasteiger partial charge on any atom is -0.365 e. The second-order valence-electron chi connectivity index (χ2n) is 8.47. The highest BCUT2D eigenvalue weighted by Crippen LogP contribution is 2.33. The normalized spacial score (nSPS) is 20.7. The van der Waals surface area contributed by atoms with E-state index in [2.05, 4.69) is 31.0 Å². The van der Waals surface area contributed by atoms with Crippen molar-refractivity contribution in [3.05, 3.63) is 42.7 Å². The van der Waals surface area contributed by atoms with E-state index in [1.807, 2.05) is 26.4 Å². The van der Waals surface area contributed by atoms with Crippen molar-refractivity contribution in [1.29, 1.82) is 0 Å². The summed E-state index contributed by atoms with van der Waals surface area (Å²) in [6.07, 6.45) is 10.3. The Morgan fingerprint density at radius 3 is 3.00 bits per heavy atom. The largest absolute Gasteiger partial charge is 0.365 e. The molecule has 3 N–H and O–H groups in total. The predicted molar refractivity (Wildman–Crippen MR) is 117 cm³/mol. The van der Waals surface area contributed by atoms with Crippen molar-refractivity contribution in [2.75, 3.05) is 14.1 Å². The summed E-state index contributed by atoms with van der Waals surface area (Å²) in [7, 11) is 3.70. The summed E-state index contributed by atoms with van der Waals surface area (Å²) in [5, 5.41) is 15.1. The molecule has 0 saturated heterocycles. The van der Waals surface area contributed by atoms with Crippen LogP contribution in [0.1, 0.15) is 31.7 Å². The number of rotatable bonds is 5. The summed E-state index contributed by atoms with van der Waals surface area (Å²) in [5.41, 5.74) is 2.20. The third kappa shape index (κ3) is 3.80. The smallest absolute Gasteiger partial charge is 0.163 e. The van der Waals surface area contributed by atoms with Gasteiger partial charge in [-0.25, -0.2) is 19.3 Å². The van der Waals surface area contributed by atoms with Crippen LogP contribution in [0.2, 0.25) is 0 Å². The van der Waals surface area contributed by atoms with Crippen molar-refractivity contribution in [1.82, 2.24) is 34.7 Å². The first kappa shape index (κ1) is 20.0. The number of nitrogens with zero attached hydrogens (tertiary/aromatic N) is 5. The SMILES string of the molecule is CN(C)C(O)N[C@H]1CCC[C@H](n2ccc3cnc(-c4c[nH]c5ncc(F)cc45)nc32)C1. The number of aliphatic hydroxyl groups excluding tert-OH is 1. The van der Waals surface area contributed by atoms with Crippen LogP contribution in [0.3, 0.4) is 0 Å². The zero-order valence-electron chi connectivity index (χ0n) is 17.6. The minimum absolute atomic E-state index is 0.234. The summed E-state index contributed by atoms with van der Waals surface area (Å²) in [6, 6.07) is 4.00. The molecule has 1 aliphatic rings. The number of aromatic amines is 1. The van der Waals surface area contributed by atoms with Crippen LogP contribution in [0.4, 0.5) is 4.39 Å². The van der Waals surface area contributed by atoms with E-state index in [9.17, 15) is 9.50 Å². The molecular weight excluding hydrogens is 397 g/mol. The first-order valence-corrected chi connectivity index (χ1v) is 10.6. The van der Waals surface area contributed by atoms with Gasteiger partial charge in [-0.15, -0.1) is 0 Å². The molecule has 0 amide bonds. The lowest BCUT2D eigenvalue weighted by molar-refractivity contribution is -0.00457. The van der Waals surface area contributed by atoms with Crippen LogP contribution in [0.25, 0.3) is 33.5 Å². The third-order valence-corrected chi connectivity index (χ3v) is 6.11. The molecule has 1 fully saturated rings. The van der Waals surface area contributed by atoms with Crippen LogP contribution in [0.5, 0.6) is 0 Å². The minimum atomic E-state index is -0.657. The molecule has 1 unspecified atom stereocenters. The highest BCUT2D eigenvalue weighted by atomic mass is 19.1. The van der Waals surface area contributed by atoms with E-state index in [-0.39, 0.29) is 12.1 Å². The Balaban J connectivity index is 1.47. The maximum Gasteiger partial charge on any atom is 0.163 e. The van der Waals surface area contributed by atoms with Gasteiger partial charge in [0.15, 0.2) is 12.2 Å². The number of H-pyrrole nitrogens is 1. The second kappa shape index (κ2) is 7.99. The molecule has 9 heteroatoms. The number of aromatic nitrogens is 5. The maximum absolute atomic E-state index is 13.7. The zero-order valence-corrected chi connectivity index (χ0v) is 17.6. The highest BCUT2D eigenvalue weighted by molar-refractivity contribution is 5.92. The molecule has 162 valence electrons. The molecule has 1 saturated carbocycles. The van der Waals surface area contributed by atoms with Crippen molar-refractivity contribution in [3.63, 3.8) is 0 Å². The average molecular weight is 423 g/mol. The molecule has 4 aromatic rings. The molecule has 31 heavy (non-hydrogen) atoms. The van der Waals surface area contributed by atoms with Gasteiger partial charge in [0.1, 0.15) is 17.1 Å². The molecule has 4 aromatic heterocycles. The fourth-order valence-corrected chi connectivity index (χ4v) is 4.45. The summed E-state index contributed by atoms with van der Waals surface area (Å²) in [5.74, 6) is 0.151. The van der Waals surface area contributed by atoms with Gasteiger partial charge in [-0.05, 0) is 51.9 Å². The molecule has 5 rings (SSSR count). The zero-order chi connectivity index (χ0) is 21.5. The van der Waals surface area contributed by atoms with Gasteiger partial charge in [-0.1, -0.05) is 0 Å². The van der Waals surface area contributed by atoms with Crippen molar-refractivity contribution in [2.45, 2.75) is 44.1 Å². The monoisotopic (exact) mass is 423 g/mol. The molecule has 0 aromatic carbocycles. The molecule has 0 aliphatic heterocycles. The van der Waals surface area contributed by atoms with E-state index in [0.717, 1.165) is 42.3 Å². The van der Waals surface area contributed by atoms with Crippen LogP contribution < -0.4 is 5.32 Å². The van der Waals surface area contributed by atoms with E-state index < -0.39 is 12.2 Å². The summed E-state index contributed by atoms with van der Waals surface area (Å²) >= 11 is 0. The quantitative estimate of drug-likeness (QED) is 0.427. The van der Waals surface area contributed by atoms with E-state index in [4.69, 9.17) is 4.98 Å². The van der Waals surface area contributed by atoms with E-state index in [0.29, 0.717) is 16.9 Å². The molecule has 3 atom stereocenters. The van der Waals surface area contributed by atoms with Crippen LogP contribution in [0, 0.1) is 5.82 Å². The molecule has 0 bridgehead atoms. The fourth-order valence-electron chi connectivity index (χ4n) is 4.45. The second-order valence-corrected chi connectivity index (χ2v) is 8.47.